The fourth-order valence-electron chi connectivity index (χ4n) is 4.08. The molecule has 21 heavy (non-hydrogen) atoms. The van der Waals surface area contributed by atoms with Crippen LogP contribution < -0.4 is 0 Å². The number of aldehydes is 1. The molecular formula is C16H24O5. The van der Waals surface area contributed by atoms with Gasteiger partial charge in [0.1, 0.15) is 12.2 Å². The highest BCUT2D eigenvalue weighted by Gasteiger charge is 2.54. The molecule has 0 aromatic rings. The lowest BCUT2D eigenvalue weighted by Gasteiger charge is -2.33. The van der Waals surface area contributed by atoms with Gasteiger partial charge in [-0.25, -0.2) is 0 Å². The van der Waals surface area contributed by atoms with Crippen LogP contribution >= 0.6 is 0 Å². The molecule has 0 aromatic heterocycles. The molecule has 4 unspecified atom stereocenters. The van der Waals surface area contributed by atoms with Crippen molar-refractivity contribution in [2.75, 3.05) is 13.7 Å². The smallest absolute Gasteiger partial charge is 0.167 e. The number of hydrogen-bond donors (Lipinski definition) is 1. The SMILES string of the molecule is COC1CC2CC(C1)C(C=O)(OC1=C(O)C(C)(C)OC1)C2. The van der Waals surface area contributed by atoms with Gasteiger partial charge in [0.25, 0.3) is 0 Å². The molecule has 2 bridgehead atoms. The van der Waals surface area contributed by atoms with E-state index in [4.69, 9.17) is 14.2 Å². The molecule has 2 saturated carbocycles. The Hall–Kier alpha value is -1.07. The third-order valence-electron chi connectivity index (χ3n) is 5.30. The molecule has 0 aromatic carbocycles. The van der Waals surface area contributed by atoms with Crippen LogP contribution in [0.15, 0.2) is 11.5 Å². The predicted molar refractivity (Wildman–Crippen MR) is 75.8 cm³/mol. The maximum absolute atomic E-state index is 11.8. The molecule has 0 radical (unpaired) electrons. The number of carbonyl (C=O) groups is 1. The van der Waals surface area contributed by atoms with Crippen LogP contribution in [0, 0.1) is 11.8 Å². The lowest BCUT2D eigenvalue weighted by atomic mass is 9.83. The van der Waals surface area contributed by atoms with Gasteiger partial charge in [0, 0.05) is 13.0 Å². The maximum atomic E-state index is 11.8. The van der Waals surface area contributed by atoms with Gasteiger partial charge in [0.05, 0.1) is 6.10 Å². The molecule has 0 saturated heterocycles. The van der Waals surface area contributed by atoms with Gasteiger partial charge in [-0.3, -0.25) is 4.79 Å². The van der Waals surface area contributed by atoms with Crippen LogP contribution in [0.2, 0.25) is 0 Å². The summed E-state index contributed by atoms with van der Waals surface area (Å²) in [6.45, 7) is 3.81. The Kier molecular flexibility index (Phi) is 3.53. The van der Waals surface area contributed by atoms with E-state index in [-0.39, 0.29) is 24.4 Å². The Labute approximate surface area is 125 Å². The molecule has 0 spiro atoms. The number of carbonyl (C=O) groups excluding carboxylic acids is 1. The highest BCUT2D eigenvalue weighted by Crippen LogP contribution is 2.51. The molecule has 0 amide bonds. The van der Waals surface area contributed by atoms with Gasteiger partial charge >= 0.3 is 0 Å². The average Bonchev–Trinajstić information content (AvgIpc) is 2.87. The quantitative estimate of drug-likeness (QED) is 0.807. The number of rotatable bonds is 4. The van der Waals surface area contributed by atoms with Gasteiger partial charge in [0.2, 0.25) is 0 Å². The van der Waals surface area contributed by atoms with E-state index < -0.39 is 11.2 Å². The van der Waals surface area contributed by atoms with Crippen molar-refractivity contribution in [3.8, 4) is 0 Å². The fourth-order valence-corrected chi connectivity index (χ4v) is 4.08. The van der Waals surface area contributed by atoms with Crippen molar-refractivity contribution in [3.63, 3.8) is 0 Å². The van der Waals surface area contributed by atoms with E-state index >= 15 is 0 Å². The first-order valence-corrected chi connectivity index (χ1v) is 7.65. The Morgan fingerprint density at radius 1 is 1.33 bits per heavy atom. The van der Waals surface area contributed by atoms with Crippen molar-refractivity contribution in [1.82, 2.24) is 0 Å². The third kappa shape index (κ3) is 2.36. The summed E-state index contributed by atoms with van der Waals surface area (Å²) in [5.74, 6) is 1.13. The minimum Gasteiger partial charge on any atom is -0.506 e. The standard InChI is InChI=1S/C16H24O5/c1-15(2)14(18)13(8-20-15)21-16(9-17)7-10-4-11(16)6-12(5-10)19-3/h9-12,18H,4-8H2,1-3H3. The summed E-state index contributed by atoms with van der Waals surface area (Å²) in [7, 11) is 1.72. The Morgan fingerprint density at radius 2 is 2.10 bits per heavy atom. The van der Waals surface area contributed by atoms with E-state index in [1.807, 2.05) is 0 Å². The van der Waals surface area contributed by atoms with Gasteiger partial charge in [-0.1, -0.05) is 0 Å². The molecule has 2 fully saturated rings. The van der Waals surface area contributed by atoms with E-state index in [1.54, 1.807) is 21.0 Å². The van der Waals surface area contributed by atoms with Crippen LogP contribution in [0.1, 0.15) is 39.5 Å². The average molecular weight is 296 g/mol. The van der Waals surface area contributed by atoms with E-state index in [2.05, 4.69) is 0 Å². The van der Waals surface area contributed by atoms with Crippen molar-refractivity contribution < 1.29 is 24.1 Å². The second kappa shape index (κ2) is 4.99. The highest BCUT2D eigenvalue weighted by atomic mass is 16.6. The van der Waals surface area contributed by atoms with Crippen LogP contribution in [0.4, 0.5) is 0 Å². The molecule has 5 heteroatoms. The molecule has 118 valence electrons. The molecule has 2 aliphatic carbocycles. The summed E-state index contributed by atoms with van der Waals surface area (Å²) in [6, 6.07) is 0. The highest BCUT2D eigenvalue weighted by molar-refractivity contribution is 5.64. The van der Waals surface area contributed by atoms with E-state index in [0.29, 0.717) is 18.1 Å². The third-order valence-corrected chi connectivity index (χ3v) is 5.30. The van der Waals surface area contributed by atoms with Crippen LogP contribution in [-0.4, -0.2) is 42.4 Å². The normalized spacial score (nSPS) is 41.4. The Morgan fingerprint density at radius 3 is 2.67 bits per heavy atom. The number of aliphatic hydroxyl groups is 1. The van der Waals surface area contributed by atoms with Crippen molar-refractivity contribution in [2.24, 2.45) is 11.8 Å². The first-order valence-electron chi connectivity index (χ1n) is 7.65. The van der Waals surface area contributed by atoms with Crippen molar-refractivity contribution in [1.29, 1.82) is 0 Å². The monoisotopic (exact) mass is 296 g/mol. The Bertz CT molecular complexity index is 469. The van der Waals surface area contributed by atoms with E-state index in [0.717, 1.165) is 25.5 Å². The second-order valence-electron chi connectivity index (χ2n) is 7.08. The van der Waals surface area contributed by atoms with Gasteiger partial charge in [-0.05, 0) is 45.4 Å². The molecule has 4 atom stereocenters. The fraction of sp³-hybridized carbons (Fsp3) is 0.812. The zero-order valence-corrected chi connectivity index (χ0v) is 12.9. The maximum Gasteiger partial charge on any atom is 0.167 e. The minimum atomic E-state index is -0.828. The summed E-state index contributed by atoms with van der Waals surface area (Å²) in [5, 5.41) is 10.2. The molecule has 5 nitrogen and oxygen atoms in total. The van der Waals surface area contributed by atoms with Crippen LogP contribution in [0.3, 0.4) is 0 Å². The van der Waals surface area contributed by atoms with E-state index in [1.165, 1.54) is 0 Å². The minimum absolute atomic E-state index is 0.105. The molecule has 3 aliphatic rings. The van der Waals surface area contributed by atoms with Crippen LogP contribution in [0.5, 0.6) is 0 Å². The van der Waals surface area contributed by atoms with Gasteiger partial charge in [-0.2, -0.15) is 0 Å². The number of hydrogen-bond acceptors (Lipinski definition) is 5. The van der Waals surface area contributed by atoms with Crippen molar-refractivity contribution >= 4 is 6.29 Å². The topological polar surface area (TPSA) is 65.0 Å². The number of fused-ring (bicyclic) bond motifs is 2. The molecule has 3 rings (SSSR count). The first-order chi connectivity index (χ1) is 9.90. The van der Waals surface area contributed by atoms with Crippen molar-refractivity contribution in [2.45, 2.75) is 56.8 Å². The zero-order valence-electron chi connectivity index (χ0n) is 12.9. The van der Waals surface area contributed by atoms with Crippen molar-refractivity contribution in [3.05, 3.63) is 11.5 Å². The van der Waals surface area contributed by atoms with Crippen LogP contribution in [-0.2, 0) is 19.0 Å². The van der Waals surface area contributed by atoms with E-state index in [9.17, 15) is 9.90 Å². The largest absolute Gasteiger partial charge is 0.506 e. The molecule has 1 N–H and O–H groups in total. The molecular weight excluding hydrogens is 272 g/mol. The Balaban J connectivity index is 1.83. The van der Waals surface area contributed by atoms with Crippen LogP contribution in [0.25, 0.3) is 0 Å². The molecule has 1 heterocycles. The number of methoxy groups -OCH3 is 1. The molecule has 1 aliphatic heterocycles. The summed E-state index contributed by atoms with van der Waals surface area (Å²) < 4.78 is 17.1. The zero-order chi connectivity index (χ0) is 15.3. The second-order valence-corrected chi connectivity index (χ2v) is 7.08. The lowest BCUT2D eigenvalue weighted by molar-refractivity contribution is -0.132. The van der Waals surface area contributed by atoms with Gasteiger partial charge in [-0.15, -0.1) is 0 Å². The number of ether oxygens (including phenoxy) is 3. The summed E-state index contributed by atoms with van der Waals surface area (Å²) in [5.41, 5.74) is -1.56. The first kappa shape index (κ1) is 14.9. The van der Waals surface area contributed by atoms with Gasteiger partial charge < -0.3 is 19.3 Å². The summed E-state index contributed by atoms with van der Waals surface area (Å²) in [4.78, 5) is 11.8. The number of aliphatic hydroxyl groups excluding tert-OH is 1. The summed E-state index contributed by atoms with van der Waals surface area (Å²) in [6.07, 6.45) is 4.66. The lowest BCUT2D eigenvalue weighted by Crippen LogP contribution is -2.40. The van der Waals surface area contributed by atoms with Gasteiger partial charge in [0.15, 0.2) is 23.4 Å². The predicted octanol–water partition coefficient (Wildman–Crippen LogP) is 2.35. The summed E-state index contributed by atoms with van der Waals surface area (Å²) >= 11 is 0.